The Morgan fingerprint density at radius 1 is 0.882 bits per heavy atom. The zero-order valence-corrected chi connectivity index (χ0v) is 11.8. The summed E-state index contributed by atoms with van der Waals surface area (Å²) in [5.74, 6) is 0.707. The van der Waals surface area contributed by atoms with Gasteiger partial charge in [-0.05, 0) is 43.4 Å². The molecule has 0 aromatic rings. The van der Waals surface area contributed by atoms with Crippen LogP contribution in [0.3, 0.4) is 0 Å². The van der Waals surface area contributed by atoms with Crippen LogP contribution in [-0.2, 0) is 0 Å². The van der Waals surface area contributed by atoms with Gasteiger partial charge in [0.2, 0.25) is 0 Å². The van der Waals surface area contributed by atoms with Gasteiger partial charge in [-0.1, -0.05) is 40.0 Å². The Kier molecular flexibility index (Phi) is 5.94. The van der Waals surface area contributed by atoms with Gasteiger partial charge in [0, 0.05) is 0 Å². The monoisotopic (exact) mass is 242 g/mol. The maximum Gasteiger partial charge on any atom is 0.0547 e. The Labute approximate surface area is 106 Å². The summed E-state index contributed by atoms with van der Waals surface area (Å²) < 4.78 is 0. The van der Waals surface area contributed by atoms with Crippen LogP contribution in [0.25, 0.3) is 0 Å². The van der Waals surface area contributed by atoms with Crippen molar-refractivity contribution in [1.82, 2.24) is 0 Å². The first kappa shape index (κ1) is 15.0. The van der Waals surface area contributed by atoms with Crippen molar-refractivity contribution in [1.29, 1.82) is 0 Å². The van der Waals surface area contributed by atoms with Crippen LogP contribution < -0.4 is 0 Å². The molecule has 2 unspecified atom stereocenters. The van der Waals surface area contributed by atoms with Crippen molar-refractivity contribution in [3.63, 3.8) is 0 Å². The molecule has 17 heavy (non-hydrogen) atoms. The topological polar surface area (TPSA) is 40.5 Å². The highest BCUT2D eigenvalue weighted by Crippen LogP contribution is 2.38. The van der Waals surface area contributed by atoms with Crippen LogP contribution in [0.4, 0.5) is 0 Å². The predicted octanol–water partition coefficient (Wildman–Crippen LogP) is 3.50. The first-order chi connectivity index (χ1) is 7.89. The molecule has 0 bridgehead atoms. The lowest BCUT2D eigenvalue weighted by atomic mass is 9.72. The number of hydrogen-bond donors (Lipinski definition) is 2. The van der Waals surface area contributed by atoms with Gasteiger partial charge in [0.05, 0.1) is 12.2 Å². The Hall–Kier alpha value is -0.0800. The molecule has 2 N–H and O–H groups in total. The van der Waals surface area contributed by atoms with Crippen LogP contribution in [0.15, 0.2) is 0 Å². The number of aliphatic hydroxyl groups excluding tert-OH is 2. The fourth-order valence-electron chi connectivity index (χ4n) is 3.38. The first-order valence-electron chi connectivity index (χ1n) is 7.25. The third-order valence-electron chi connectivity index (χ3n) is 3.94. The van der Waals surface area contributed by atoms with E-state index in [2.05, 4.69) is 20.8 Å². The largest absolute Gasteiger partial charge is 0.393 e. The Morgan fingerprint density at radius 3 is 1.82 bits per heavy atom. The summed E-state index contributed by atoms with van der Waals surface area (Å²) in [4.78, 5) is 0. The van der Waals surface area contributed by atoms with Crippen LogP contribution in [0.5, 0.6) is 0 Å². The molecule has 0 saturated heterocycles. The molecule has 2 saturated carbocycles. The van der Waals surface area contributed by atoms with E-state index < -0.39 is 0 Å². The van der Waals surface area contributed by atoms with E-state index in [1.165, 1.54) is 25.7 Å². The van der Waals surface area contributed by atoms with Crippen LogP contribution in [0.2, 0.25) is 0 Å². The minimum Gasteiger partial charge on any atom is -0.393 e. The van der Waals surface area contributed by atoms with Gasteiger partial charge in [-0.25, -0.2) is 0 Å². The predicted molar refractivity (Wildman–Crippen MR) is 71.9 cm³/mol. The van der Waals surface area contributed by atoms with Gasteiger partial charge < -0.3 is 10.2 Å². The Morgan fingerprint density at radius 2 is 1.47 bits per heavy atom. The maximum atomic E-state index is 9.42. The highest BCUT2D eigenvalue weighted by molar-refractivity contribution is 4.82. The Bertz CT molecular complexity index is 195. The zero-order chi connectivity index (χ0) is 12.9. The summed E-state index contributed by atoms with van der Waals surface area (Å²) >= 11 is 0. The molecule has 2 atom stereocenters. The van der Waals surface area contributed by atoms with Crippen molar-refractivity contribution in [2.24, 2.45) is 11.3 Å². The van der Waals surface area contributed by atoms with Crippen molar-refractivity contribution in [3.05, 3.63) is 0 Å². The fourth-order valence-corrected chi connectivity index (χ4v) is 3.38. The third kappa shape index (κ3) is 6.42. The van der Waals surface area contributed by atoms with Gasteiger partial charge in [-0.2, -0.15) is 0 Å². The lowest BCUT2D eigenvalue weighted by molar-refractivity contribution is 0.0394. The van der Waals surface area contributed by atoms with Crippen LogP contribution >= 0.6 is 0 Å². The molecule has 0 heterocycles. The highest BCUT2D eigenvalue weighted by atomic mass is 16.3. The fraction of sp³-hybridized carbons (Fsp3) is 1.00. The molecule has 2 fully saturated rings. The van der Waals surface area contributed by atoms with Crippen LogP contribution in [0.1, 0.15) is 72.1 Å². The summed E-state index contributed by atoms with van der Waals surface area (Å²) in [7, 11) is 0. The van der Waals surface area contributed by atoms with E-state index in [9.17, 15) is 5.11 Å². The van der Waals surface area contributed by atoms with E-state index in [-0.39, 0.29) is 12.2 Å². The molecule has 102 valence electrons. The van der Waals surface area contributed by atoms with E-state index in [4.69, 9.17) is 5.11 Å². The van der Waals surface area contributed by atoms with E-state index >= 15 is 0 Å². The summed E-state index contributed by atoms with van der Waals surface area (Å²) in [6, 6.07) is 0. The Balaban J connectivity index is 0.000000181. The smallest absolute Gasteiger partial charge is 0.0547 e. The third-order valence-corrected chi connectivity index (χ3v) is 3.94. The molecular formula is C15H30O2. The van der Waals surface area contributed by atoms with Gasteiger partial charge >= 0.3 is 0 Å². The second kappa shape index (κ2) is 6.75. The SMILES string of the molecule is CC1CC(O)CC(C)(C)C1.OC1CCCCC1. The molecule has 0 aromatic heterocycles. The lowest BCUT2D eigenvalue weighted by Gasteiger charge is -2.36. The average Bonchev–Trinajstić information content (AvgIpc) is 2.15. The minimum absolute atomic E-state index is 0.0359. The second-order valence-corrected chi connectivity index (χ2v) is 6.86. The van der Waals surface area contributed by atoms with Crippen molar-refractivity contribution in [2.75, 3.05) is 0 Å². The quantitative estimate of drug-likeness (QED) is 0.682. The van der Waals surface area contributed by atoms with E-state index in [0.717, 1.165) is 25.7 Å². The van der Waals surface area contributed by atoms with Crippen molar-refractivity contribution >= 4 is 0 Å². The number of rotatable bonds is 0. The number of aliphatic hydroxyl groups is 2. The van der Waals surface area contributed by atoms with Crippen LogP contribution in [-0.4, -0.2) is 22.4 Å². The molecule has 0 spiro atoms. The van der Waals surface area contributed by atoms with Gasteiger partial charge in [-0.15, -0.1) is 0 Å². The van der Waals surface area contributed by atoms with E-state index in [1.54, 1.807) is 0 Å². The average molecular weight is 242 g/mol. The van der Waals surface area contributed by atoms with Crippen molar-refractivity contribution in [3.8, 4) is 0 Å². The molecule has 0 aromatic carbocycles. The zero-order valence-electron chi connectivity index (χ0n) is 11.8. The summed E-state index contributed by atoms with van der Waals surface area (Å²) in [6.45, 7) is 6.71. The summed E-state index contributed by atoms with van der Waals surface area (Å²) in [5.41, 5.74) is 0.372. The van der Waals surface area contributed by atoms with Gasteiger partial charge in [-0.3, -0.25) is 0 Å². The lowest BCUT2D eigenvalue weighted by Crippen LogP contribution is -2.30. The van der Waals surface area contributed by atoms with E-state index in [1.807, 2.05) is 0 Å². The molecule has 2 rings (SSSR count). The van der Waals surface area contributed by atoms with Gasteiger partial charge in [0.1, 0.15) is 0 Å². The minimum atomic E-state index is -0.0428. The maximum absolute atomic E-state index is 9.42. The van der Waals surface area contributed by atoms with Crippen molar-refractivity contribution in [2.45, 2.75) is 84.3 Å². The summed E-state index contributed by atoms with van der Waals surface area (Å²) in [6.07, 6.45) is 9.14. The summed E-state index contributed by atoms with van der Waals surface area (Å²) in [5, 5.41) is 18.3. The second-order valence-electron chi connectivity index (χ2n) is 6.86. The standard InChI is InChI=1S/C9H18O.C6H12O/c1-7-4-8(10)6-9(2,3)5-7;7-6-4-2-1-3-5-6/h7-8,10H,4-6H2,1-3H3;6-7H,1-5H2. The highest BCUT2D eigenvalue weighted by Gasteiger charge is 2.30. The van der Waals surface area contributed by atoms with Gasteiger partial charge in [0.25, 0.3) is 0 Å². The molecule has 2 nitrogen and oxygen atoms in total. The molecule has 2 aliphatic carbocycles. The normalized spacial score (nSPS) is 33.7. The number of hydrogen-bond acceptors (Lipinski definition) is 2. The molecule has 0 radical (unpaired) electrons. The van der Waals surface area contributed by atoms with Crippen LogP contribution in [0, 0.1) is 11.3 Å². The van der Waals surface area contributed by atoms with Gasteiger partial charge in [0.15, 0.2) is 0 Å². The van der Waals surface area contributed by atoms with Crippen molar-refractivity contribution < 1.29 is 10.2 Å². The van der Waals surface area contributed by atoms with E-state index in [0.29, 0.717) is 11.3 Å². The molecule has 2 aliphatic rings. The molecule has 0 aliphatic heterocycles. The molecule has 2 heteroatoms. The molecule has 0 amide bonds. The first-order valence-corrected chi connectivity index (χ1v) is 7.25. The molecular weight excluding hydrogens is 212 g/mol.